The Kier molecular flexibility index (Phi) is 5.29. The molecule has 0 atom stereocenters. The van der Waals surface area contributed by atoms with Crippen LogP contribution in [-0.2, 0) is 0 Å². The maximum Gasteiger partial charge on any atom is 0.269 e. The van der Waals surface area contributed by atoms with Crippen LogP contribution in [0.3, 0.4) is 0 Å². The van der Waals surface area contributed by atoms with E-state index in [1.807, 2.05) is 42.5 Å². The number of nitrogens with two attached hydrogens (primary N) is 1. The summed E-state index contributed by atoms with van der Waals surface area (Å²) in [6, 6.07) is 20.2. The molecule has 0 bridgehead atoms. The van der Waals surface area contributed by atoms with Gasteiger partial charge in [0.15, 0.2) is 5.82 Å². The Labute approximate surface area is 172 Å². The van der Waals surface area contributed by atoms with E-state index in [9.17, 15) is 4.79 Å². The summed E-state index contributed by atoms with van der Waals surface area (Å²) >= 11 is 0. The third kappa shape index (κ3) is 3.93. The molecule has 4 N–H and O–H groups in total. The molecule has 1 amide bonds. The van der Waals surface area contributed by atoms with Gasteiger partial charge in [-0.1, -0.05) is 36.4 Å². The zero-order valence-corrected chi connectivity index (χ0v) is 16.1. The highest BCUT2D eigenvalue weighted by atomic mass is 16.5. The molecule has 0 fully saturated rings. The fourth-order valence-corrected chi connectivity index (χ4v) is 2.88. The van der Waals surface area contributed by atoms with E-state index in [0.29, 0.717) is 17.1 Å². The van der Waals surface area contributed by atoms with Crippen LogP contribution in [0.15, 0.2) is 73.1 Å². The van der Waals surface area contributed by atoms with Crippen LogP contribution in [0.25, 0.3) is 10.8 Å². The normalized spacial score (nSPS) is 10.4. The zero-order valence-electron chi connectivity index (χ0n) is 16.1. The number of ether oxygens (including phenoxy) is 2. The van der Waals surface area contributed by atoms with Crippen LogP contribution >= 0.6 is 0 Å². The first-order valence-electron chi connectivity index (χ1n) is 9.12. The summed E-state index contributed by atoms with van der Waals surface area (Å²) in [5.74, 6) is 1.33. The largest absolute Gasteiger partial charge is 0.497 e. The quantitative estimate of drug-likeness (QED) is 0.422. The number of hydrogen-bond donors (Lipinski definition) is 3. The fraction of sp³-hybridized carbons (Fsp3) is 0.0455. The van der Waals surface area contributed by atoms with Crippen molar-refractivity contribution in [2.24, 2.45) is 0 Å². The number of nitrogens with zero attached hydrogens (tertiary/aromatic N) is 2. The first-order chi connectivity index (χ1) is 14.7. The van der Waals surface area contributed by atoms with E-state index in [1.165, 1.54) is 6.33 Å². The van der Waals surface area contributed by atoms with Gasteiger partial charge in [0.2, 0.25) is 5.88 Å². The van der Waals surface area contributed by atoms with E-state index in [0.717, 1.165) is 10.8 Å². The van der Waals surface area contributed by atoms with Crippen molar-refractivity contribution in [1.82, 2.24) is 15.4 Å². The van der Waals surface area contributed by atoms with Gasteiger partial charge in [-0.25, -0.2) is 4.98 Å². The van der Waals surface area contributed by atoms with Crippen molar-refractivity contribution in [2.75, 3.05) is 18.3 Å². The molecule has 4 rings (SSSR count). The molecule has 0 aliphatic rings. The monoisotopic (exact) mass is 401 g/mol. The van der Waals surface area contributed by atoms with Crippen molar-refractivity contribution in [3.8, 4) is 17.4 Å². The van der Waals surface area contributed by atoms with Gasteiger partial charge in [0, 0.05) is 10.9 Å². The Balaban J connectivity index is 1.50. The van der Waals surface area contributed by atoms with Crippen LogP contribution in [0.4, 0.5) is 11.5 Å². The van der Waals surface area contributed by atoms with Crippen molar-refractivity contribution in [3.63, 3.8) is 0 Å². The number of benzene rings is 3. The first-order valence-corrected chi connectivity index (χ1v) is 9.12. The number of anilines is 2. The predicted octanol–water partition coefficient (Wildman–Crippen LogP) is 3.77. The molecule has 30 heavy (non-hydrogen) atoms. The Morgan fingerprint density at radius 3 is 2.53 bits per heavy atom. The number of hydrogen-bond acceptors (Lipinski definition) is 7. The number of fused-ring (bicyclic) bond motifs is 1. The molecule has 1 heterocycles. The fourth-order valence-electron chi connectivity index (χ4n) is 2.88. The van der Waals surface area contributed by atoms with Gasteiger partial charge >= 0.3 is 0 Å². The molecule has 3 aromatic carbocycles. The van der Waals surface area contributed by atoms with Gasteiger partial charge in [0.05, 0.1) is 7.11 Å². The van der Waals surface area contributed by atoms with Gasteiger partial charge in [0.25, 0.3) is 5.91 Å². The van der Waals surface area contributed by atoms with Crippen LogP contribution < -0.4 is 26.1 Å². The van der Waals surface area contributed by atoms with E-state index < -0.39 is 0 Å². The molecule has 8 nitrogen and oxygen atoms in total. The molecule has 1 aromatic heterocycles. The number of nitrogen functional groups attached to an aromatic ring is 1. The molecule has 0 spiro atoms. The van der Waals surface area contributed by atoms with Gasteiger partial charge in [-0.05, 0) is 35.7 Å². The Morgan fingerprint density at radius 1 is 0.967 bits per heavy atom. The van der Waals surface area contributed by atoms with Gasteiger partial charge in [-0.3, -0.25) is 15.6 Å². The lowest BCUT2D eigenvalue weighted by atomic mass is 10.1. The highest BCUT2D eigenvalue weighted by Gasteiger charge is 2.13. The SMILES string of the molecule is COc1ccc(C(=O)NNc2ncnc(Oc3cccc4ccccc34)c2N)cc1. The summed E-state index contributed by atoms with van der Waals surface area (Å²) in [6.07, 6.45) is 1.30. The van der Waals surface area contributed by atoms with Crippen LogP contribution in [0, 0.1) is 0 Å². The van der Waals surface area contributed by atoms with Gasteiger partial charge < -0.3 is 15.2 Å². The van der Waals surface area contributed by atoms with E-state index in [4.69, 9.17) is 15.2 Å². The molecular weight excluding hydrogens is 382 g/mol. The lowest BCUT2D eigenvalue weighted by Gasteiger charge is -2.13. The van der Waals surface area contributed by atoms with E-state index in [-0.39, 0.29) is 23.3 Å². The average Bonchev–Trinajstić information content (AvgIpc) is 2.79. The standard InChI is InChI=1S/C22H19N5O3/c1-29-16-11-9-15(10-12-16)21(28)27-26-20-19(23)22(25-13-24-20)30-18-8-4-6-14-5-2-3-7-17(14)18/h2-13H,23H2,1H3,(H,27,28)(H,24,25,26). The molecule has 0 saturated heterocycles. The topological polar surface area (TPSA) is 111 Å². The third-order valence-electron chi connectivity index (χ3n) is 4.45. The number of nitrogens with one attached hydrogen (secondary N) is 2. The number of aromatic nitrogens is 2. The summed E-state index contributed by atoms with van der Waals surface area (Å²) in [4.78, 5) is 20.5. The second-order valence-corrected chi connectivity index (χ2v) is 6.33. The van der Waals surface area contributed by atoms with E-state index in [2.05, 4.69) is 20.8 Å². The summed E-state index contributed by atoms with van der Waals surface area (Å²) in [5, 5.41) is 1.97. The second-order valence-electron chi connectivity index (χ2n) is 6.33. The van der Waals surface area contributed by atoms with Crippen molar-refractivity contribution in [3.05, 3.63) is 78.6 Å². The lowest BCUT2D eigenvalue weighted by Crippen LogP contribution is -2.30. The molecule has 0 unspecified atom stereocenters. The zero-order chi connectivity index (χ0) is 20.9. The predicted molar refractivity (Wildman–Crippen MR) is 115 cm³/mol. The average molecular weight is 401 g/mol. The Hall–Kier alpha value is -4.33. The van der Waals surface area contributed by atoms with Crippen LogP contribution in [0.2, 0.25) is 0 Å². The maximum absolute atomic E-state index is 12.3. The summed E-state index contributed by atoms with van der Waals surface area (Å²) in [5.41, 5.74) is 12.0. The van der Waals surface area contributed by atoms with Gasteiger partial charge in [-0.2, -0.15) is 4.98 Å². The minimum atomic E-state index is -0.354. The molecule has 4 aromatic rings. The van der Waals surface area contributed by atoms with Crippen molar-refractivity contribution < 1.29 is 14.3 Å². The molecule has 150 valence electrons. The maximum atomic E-state index is 12.3. The first kappa shape index (κ1) is 19.0. The Bertz CT molecular complexity index is 1190. The molecule has 0 aliphatic carbocycles. The minimum Gasteiger partial charge on any atom is -0.497 e. The van der Waals surface area contributed by atoms with E-state index >= 15 is 0 Å². The highest BCUT2D eigenvalue weighted by molar-refractivity contribution is 5.95. The highest BCUT2D eigenvalue weighted by Crippen LogP contribution is 2.33. The summed E-state index contributed by atoms with van der Waals surface area (Å²) in [6.45, 7) is 0. The number of rotatable bonds is 6. The molecule has 8 heteroatoms. The van der Waals surface area contributed by atoms with Gasteiger partial charge in [0.1, 0.15) is 23.5 Å². The second kappa shape index (κ2) is 8.36. The Morgan fingerprint density at radius 2 is 1.73 bits per heavy atom. The molecule has 0 aliphatic heterocycles. The lowest BCUT2D eigenvalue weighted by molar-refractivity contribution is 0.0962. The smallest absolute Gasteiger partial charge is 0.269 e. The van der Waals surface area contributed by atoms with Crippen LogP contribution in [-0.4, -0.2) is 23.0 Å². The van der Waals surface area contributed by atoms with Crippen molar-refractivity contribution in [1.29, 1.82) is 0 Å². The van der Waals surface area contributed by atoms with Gasteiger partial charge in [-0.15, -0.1) is 0 Å². The molecular formula is C22H19N5O3. The number of amides is 1. The number of methoxy groups -OCH3 is 1. The summed E-state index contributed by atoms with van der Waals surface area (Å²) < 4.78 is 11.0. The van der Waals surface area contributed by atoms with Crippen molar-refractivity contribution in [2.45, 2.75) is 0 Å². The summed E-state index contributed by atoms with van der Waals surface area (Å²) in [7, 11) is 1.56. The minimum absolute atomic E-state index is 0.167. The van der Waals surface area contributed by atoms with Crippen LogP contribution in [0.1, 0.15) is 10.4 Å². The third-order valence-corrected chi connectivity index (χ3v) is 4.45. The number of hydrazine groups is 1. The number of carbonyl (C=O) groups is 1. The molecule has 0 saturated carbocycles. The van der Waals surface area contributed by atoms with Crippen molar-refractivity contribution >= 4 is 28.2 Å². The van der Waals surface area contributed by atoms with Crippen LogP contribution in [0.5, 0.6) is 17.4 Å². The number of carbonyl (C=O) groups excluding carboxylic acids is 1. The van der Waals surface area contributed by atoms with E-state index in [1.54, 1.807) is 31.4 Å². The molecule has 0 radical (unpaired) electrons.